The molecule has 2 aromatic heterocycles. The quantitative estimate of drug-likeness (QED) is 0.649. The summed E-state index contributed by atoms with van der Waals surface area (Å²) in [6, 6.07) is 11.0. The Morgan fingerprint density at radius 1 is 1.22 bits per heavy atom. The molecule has 2 heterocycles. The second-order valence-electron chi connectivity index (χ2n) is 6.21. The highest BCUT2D eigenvalue weighted by Crippen LogP contribution is 2.20. The lowest BCUT2D eigenvalue weighted by molar-refractivity contribution is -0.121. The van der Waals surface area contributed by atoms with Gasteiger partial charge in [-0.25, -0.2) is 0 Å². The predicted octanol–water partition coefficient (Wildman–Crippen LogP) is 3.85. The summed E-state index contributed by atoms with van der Waals surface area (Å²) < 4.78 is 16.2. The lowest BCUT2D eigenvalue weighted by atomic mass is 10.2. The smallest absolute Gasteiger partial charge is 0.227 e. The van der Waals surface area contributed by atoms with Gasteiger partial charge in [-0.1, -0.05) is 5.16 Å². The van der Waals surface area contributed by atoms with Crippen LogP contribution in [0.5, 0.6) is 5.75 Å². The van der Waals surface area contributed by atoms with Crippen LogP contribution in [0.15, 0.2) is 45.3 Å². The molecule has 142 valence electrons. The first kappa shape index (κ1) is 18.7. The highest BCUT2D eigenvalue weighted by molar-refractivity contribution is 5.76. The number of ether oxygens (including phenoxy) is 1. The topological polar surface area (TPSA) is 90.4 Å². The molecule has 3 rings (SSSR count). The third kappa shape index (κ3) is 4.97. The molecule has 0 radical (unpaired) electrons. The third-order valence-electron chi connectivity index (χ3n) is 4.02. The molecule has 1 aromatic carbocycles. The molecule has 7 nitrogen and oxygen atoms in total. The fraction of sp³-hybridized carbons (Fsp3) is 0.350. The van der Waals surface area contributed by atoms with Gasteiger partial charge in [-0.2, -0.15) is 4.98 Å². The molecule has 1 amide bonds. The minimum Gasteiger partial charge on any atom is -0.494 e. The molecule has 1 N–H and O–H groups in total. The van der Waals surface area contributed by atoms with Crippen molar-refractivity contribution in [3.8, 4) is 17.1 Å². The van der Waals surface area contributed by atoms with Gasteiger partial charge in [-0.3, -0.25) is 4.79 Å². The Morgan fingerprint density at radius 2 is 2.00 bits per heavy atom. The van der Waals surface area contributed by atoms with Gasteiger partial charge in [0.25, 0.3) is 0 Å². The van der Waals surface area contributed by atoms with Crippen molar-refractivity contribution in [2.75, 3.05) is 6.61 Å². The Kier molecular flexibility index (Phi) is 5.90. The van der Waals surface area contributed by atoms with Crippen LogP contribution in [0.25, 0.3) is 11.4 Å². The SMILES string of the molecule is CCOc1ccc(-c2noc(CCC(=O)NC(C)c3ccc(C)o3)n2)cc1. The van der Waals surface area contributed by atoms with E-state index in [4.69, 9.17) is 13.7 Å². The van der Waals surface area contributed by atoms with Crippen molar-refractivity contribution in [2.45, 2.75) is 39.7 Å². The Bertz CT molecular complexity index is 883. The van der Waals surface area contributed by atoms with E-state index in [2.05, 4.69) is 15.5 Å². The molecule has 0 aliphatic rings. The summed E-state index contributed by atoms with van der Waals surface area (Å²) in [5.41, 5.74) is 0.833. The molecule has 0 aliphatic carbocycles. The van der Waals surface area contributed by atoms with E-state index in [1.54, 1.807) is 0 Å². The molecule has 1 atom stereocenters. The van der Waals surface area contributed by atoms with Gasteiger partial charge in [-0.05, 0) is 57.2 Å². The summed E-state index contributed by atoms with van der Waals surface area (Å²) in [4.78, 5) is 16.5. The van der Waals surface area contributed by atoms with Gasteiger partial charge >= 0.3 is 0 Å². The maximum Gasteiger partial charge on any atom is 0.227 e. The number of hydrogen-bond donors (Lipinski definition) is 1. The fourth-order valence-corrected chi connectivity index (χ4v) is 2.63. The van der Waals surface area contributed by atoms with Gasteiger partial charge in [0, 0.05) is 18.4 Å². The third-order valence-corrected chi connectivity index (χ3v) is 4.02. The zero-order chi connectivity index (χ0) is 19.2. The second kappa shape index (κ2) is 8.53. The van der Waals surface area contributed by atoms with Crippen LogP contribution >= 0.6 is 0 Å². The zero-order valence-corrected chi connectivity index (χ0v) is 15.7. The van der Waals surface area contributed by atoms with Gasteiger partial charge in [0.2, 0.25) is 17.6 Å². The number of aromatic nitrogens is 2. The molecule has 0 fully saturated rings. The molecule has 1 unspecified atom stereocenters. The van der Waals surface area contributed by atoms with Gasteiger partial charge in [0.15, 0.2) is 0 Å². The van der Waals surface area contributed by atoms with Crippen molar-refractivity contribution in [2.24, 2.45) is 0 Å². The van der Waals surface area contributed by atoms with Crippen LogP contribution in [0.3, 0.4) is 0 Å². The normalized spacial score (nSPS) is 12.0. The van der Waals surface area contributed by atoms with Crippen molar-refractivity contribution >= 4 is 5.91 Å². The van der Waals surface area contributed by atoms with Gasteiger partial charge in [0.1, 0.15) is 17.3 Å². The van der Waals surface area contributed by atoms with Crippen molar-refractivity contribution in [3.05, 3.63) is 53.8 Å². The molecule has 0 spiro atoms. The van der Waals surface area contributed by atoms with E-state index in [-0.39, 0.29) is 18.4 Å². The average molecular weight is 369 g/mol. The molecule has 3 aromatic rings. The van der Waals surface area contributed by atoms with Gasteiger partial charge < -0.3 is 19.0 Å². The highest BCUT2D eigenvalue weighted by Gasteiger charge is 2.15. The maximum atomic E-state index is 12.1. The fourth-order valence-electron chi connectivity index (χ4n) is 2.63. The zero-order valence-electron chi connectivity index (χ0n) is 15.7. The number of carbonyl (C=O) groups excluding carboxylic acids is 1. The number of furan rings is 1. The van der Waals surface area contributed by atoms with Crippen LogP contribution in [0, 0.1) is 6.92 Å². The van der Waals surface area contributed by atoms with Crippen LogP contribution in [-0.2, 0) is 11.2 Å². The molecular formula is C20H23N3O4. The van der Waals surface area contributed by atoms with E-state index in [1.165, 1.54) is 0 Å². The molecule has 7 heteroatoms. The van der Waals surface area contributed by atoms with E-state index < -0.39 is 0 Å². The van der Waals surface area contributed by atoms with Crippen LogP contribution in [0.1, 0.15) is 43.7 Å². The largest absolute Gasteiger partial charge is 0.494 e. The highest BCUT2D eigenvalue weighted by atomic mass is 16.5. The van der Waals surface area contributed by atoms with E-state index in [1.807, 2.05) is 57.2 Å². The van der Waals surface area contributed by atoms with Crippen molar-refractivity contribution in [3.63, 3.8) is 0 Å². The first-order valence-corrected chi connectivity index (χ1v) is 8.96. The number of rotatable bonds is 8. The summed E-state index contributed by atoms with van der Waals surface area (Å²) in [5, 5.41) is 6.88. The standard InChI is InChI=1S/C20H23N3O4/c1-4-25-16-8-6-15(7-9-16)20-22-19(27-23-20)12-11-18(24)21-14(3)17-10-5-13(2)26-17/h5-10,14H,4,11-12H2,1-3H3,(H,21,24). The van der Waals surface area contributed by atoms with Crippen LogP contribution < -0.4 is 10.1 Å². The van der Waals surface area contributed by atoms with E-state index in [0.29, 0.717) is 24.7 Å². The van der Waals surface area contributed by atoms with Crippen molar-refractivity contribution in [1.29, 1.82) is 0 Å². The van der Waals surface area contributed by atoms with E-state index >= 15 is 0 Å². The maximum absolute atomic E-state index is 12.1. The molecule has 0 saturated heterocycles. The number of nitrogens with one attached hydrogen (secondary N) is 1. The summed E-state index contributed by atoms with van der Waals surface area (Å²) in [7, 11) is 0. The van der Waals surface area contributed by atoms with Crippen LogP contribution in [0.4, 0.5) is 0 Å². The monoisotopic (exact) mass is 369 g/mol. The number of amides is 1. The van der Waals surface area contributed by atoms with E-state index in [9.17, 15) is 4.79 Å². The van der Waals surface area contributed by atoms with Gasteiger partial charge in [-0.15, -0.1) is 0 Å². The Labute approximate surface area is 157 Å². The molecular weight excluding hydrogens is 346 g/mol. The number of carbonyl (C=O) groups is 1. The molecule has 27 heavy (non-hydrogen) atoms. The van der Waals surface area contributed by atoms with Crippen molar-refractivity contribution < 1.29 is 18.5 Å². The number of nitrogens with zero attached hydrogens (tertiary/aromatic N) is 2. The van der Waals surface area contributed by atoms with E-state index in [0.717, 1.165) is 22.8 Å². The van der Waals surface area contributed by atoms with Crippen LogP contribution in [-0.4, -0.2) is 22.7 Å². The summed E-state index contributed by atoms with van der Waals surface area (Å²) in [6.45, 7) is 6.31. The molecule has 0 bridgehead atoms. The minimum atomic E-state index is -0.187. The van der Waals surface area contributed by atoms with Crippen LogP contribution in [0.2, 0.25) is 0 Å². The molecule has 0 aliphatic heterocycles. The number of benzene rings is 1. The Morgan fingerprint density at radius 3 is 2.67 bits per heavy atom. The lowest BCUT2D eigenvalue weighted by Gasteiger charge is -2.10. The summed E-state index contributed by atoms with van der Waals surface area (Å²) in [6.07, 6.45) is 0.634. The summed E-state index contributed by atoms with van der Waals surface area (Å²) in [5.74, 6) is 3.17. The Balaban J connectivity index is 1.52. The number of hydrogen-bond acceptors (Lipinski definition) is 6. The van der Waals surface area contributed by atoms with Gasteiger partial charge in [0.05, 0.1) is 12.6 Å². The first-order chi connectivity index (χ1) is 13.0. The molecule has 0 saturated carbocycles. The second-order valence-corrected chi connectivity index (χ2v) is 6.21. The van der Waals surface area contributed by atoms with Crippen molar-refractivity contribution in [1.82, 2.24) is 15.5 Å². The lowest BCUT2D eigenvalue weighted by Crippen LogP contribution is -2.26. The Hall–Kier alpha value is -3.09. The summed E-state index contributed by atoms with van der Waals surface area (Å²) >= 11 is 0. The predicted molar refractivity (Wildman–Crippen MR) is 99.2 cm³/mol. The average Bonchev–Trinajstić information content (AvgIpc) is 3.30. The minimum absolute atomic E-state index is 0.0997. The first-order valence-electron chi connectivity index (χ1n) is 8.96. The number of aryl methyl sites for hydroxylation is 2.